The molecular formula is C12H21IN4O. The van der Waals surface area contributed by atoms with Crippen molar-refractivity contribution in [2.75, 3.05) is 20.3 Å². The number of nitrogens with two attached hydrogens (primary N) is 1. The van der Waals surface area contributed by atoms with Crippen molar-refractivity contribution in [3.05, 3.63) is 30.1 Å². The number of ether oxygens (including phenoxy) is 1. The third kappa shape index (κ3) is 7.44. The molecule has 0 bridgehead atoms. The van der Waals surface area contributed by atoms with Gasteiger partial charge in [0, 0.05) is 38.0 Å². The quantitative estimate of drug-likeness (QED) is 0.452. The van der Waals surface area contributed by atoms with Gasteiger partial charge >= 0.3 is 0 Å². The van der Waals surface area contributed by atoms with E-state index in [2.05, 4.69) is 15.3 Å². The lowest BCUT2D eigenvalue weighted by molar-refractivity contribution is 0.179. The van der Waals surface area contributed by atoms with Crippen LogP contribution in [0.4, 0.5) is 0 Å². The summed E-state index contributed by atoms with van der Waals surface area (Å²) in [6, 6.07) is 6.01. The maximum absolute atomic E-state index is 5.73. The zero-order chi connectivity index (χ0) is 12.5. The Hall–Kier alpha value is -0.890. The van der Waals surface area contributed by atoms with Gasteiger partial charge in [0.05, 0.1) is 6.61 Å². The fraction of sp³-hybridized carbons (Fsp3) is 0.500. The van der Waals surface area contributed by atoms with Crippen molar-refractivity contribution in [3.8, 4) is 0 Å². The van der Waals surface area contributed by atoms with Gasteiger partial charge in [-0.15, -0.1) is 24.0 Å². The van der Waals surface area contributed by atoms with Gasteiger partial charge in [0.25, 0.3) is 0 Å². The van der Waals surface area contributed by atoms with Crippen molar-refractivity contribution in [1.29, 1.82) is 0 Å². The van der Waals surface area contributed by atoms with E-state index in [4.69, 9.17) is 10.5 Å². The summed E-state index contributed by atoms with van der Waals surface area (Å²) in [6.07, 6.45) is 2.57. The Morgan fingerprint density at radius 1 is 1.56 bits per heavy atom. The molecule has 0 aliphatic heterocycles. The van der Waals surface area contributed by atoms with Crippen molar-refractivity contribution in [3.63, 3.8) is 0 Å². The molecular weight excluding hydrogens is 343 g/mol. The largest absolute Gasteiger partial charge is 0.383 e. The van der Waals surface area contributed by atoms with Gasteiger partial charge in [0.15, 0.2) is 5.96 Å². The number of hydrogen-bond donors (Lipinski definition) is 2. The summed E-state index contributed by atoms with van der Waals surface area (Å²) >= 11 is 0. The third-order valence-corrected chi connectivity index (χ3v) is 2.19. The number of pyridine rings is 1. The van der Waals surface area contributed by atoms with Gasteiger partial charge in [0.1, 0.15) is 0 Å². The van der Waals surface area contributed by atoms with Crippen molar-refractivity contribution in [2.24, 2.45) is 10.7 Å². The molecule has 18 heavy (non-hydrogen) atoms. The van der Waals surface area contributed by atoms with E-state index in [0.717, 1.165) is 12.1 Å². The lowest BCUT2D eigenvalue weighted by Crippen LogP contribution is -2.40. The smallest absolute Gasteiger partial charge is 0.188 e. The van der Waals surface area contributed by atoms with Crippen molar-refractivity contribution < 1.29 is 4.74 Å². The molecule has 0 saturated heterocycles. The van der Waals surface area contributed by atoms with Gasteiger partial charge in [-0.3, -0.25) is 9.98 Å². The molecule has 0 aliphatic rings. The van der Waals surface area contributed by atoms with E-state index in [1.807, 2.05) is 25.1 Å². The highest BCUT2D eigenvalue weighted by Crippen LogP contribution is 1.94. The lowest BCUT2D eigenvalue weighted by Gasteiger charge is -2.12. The average Bonchev–Trinajstić information content (AvgIpc) is 2.30. The molecule has 1 aromatic heterocycles. The molecule has 0 saturated carbocycles. The first-order valence-corrected chi connectivity index (χ1v) is 5.67. The van der Waals surface area contributed by atoms with Crippen LogP contribution in [0.2, 0.25) is 0 Å². The van der Waals surface area contributed by atoms with Crippen LogP contribution in [0.1, 0.15) is 12.6 Å². The molecule has 0 spiro atoms. The zero-order valence-corrected chi connectivity index (χ0v) is 13.1. The minimum atomic E-state index is 0. The standard InChI is InChI=1S/C12H20N4O.HI/c1-10(9-17-2)16-12(13)15-8-6-11-5-3-4-7-14-11;/h3-5,7,10H,6,8-9H2,1-2H3,(H3,13,15,16);1H. The molecule has 3 N–H and O–H groups in total. The number of nitrogens with zero attached hydrogens (tertiary/aromatic N) is 2. The predicted octanol–water partition coefficient (Wildman–Crippen LogP) is 1.18. The van der Waals surface area contributed by atoms with E-state index < -0.39 is 0 Å². The molecule has 1 rings (SSSR count). The van der Waals surface area contributed by atoms with E-state index in [9.17, 15) is 0 Å². The summed E-state index contributed by atoms with van der Waals surface area (Å²) in [6.45, 7) is 3.23. The molecule has 0 aromatic carbocycles. The van der Waals surface area contributed by atoms with E-state index in [0.29, 0.717) is 19.1 Å². The van der Waals surface area contributed by atoms with Crippen molar-refractivity contribution in [2.45, 2.75) is 19.4 Å². The molecule has 1 unspecified atom stereocenters. The minimum absolute atomic E-state index is 0. The Labute approximate surface area is 125 Å². The number of halogens is 1. The van der Waals surface area contributed by atoms with Crippen LogP contribution >= 0.6 is 24.0 Å². The monoisotopic (exact) mass is 364 g/mol. The SMILES string of the molecule is COCC(C)NC(N)=NCCc1ccccn1.I. The fourth-order valence-electron chi connectivity index (χ4n) is 1.43. The van der Waals surface area contributed by atoms with Crippen LogP contribution in [0.25, 0.3) is 0 Å². The number of methoxy groups -OCH3 is 1. The zero-order valence-electron chi connectivity index (χ0n) is 10.8. The summed E-state index contributed by atoms with van der Waals surface area (Å²) in [7, 11) is 1.66. The predicted molar refractivity (Wildman–Crippen MR) is 84.3 cm³/mol. The summed E-state index contributed by atoms with van der Waals surface area (Å²) in [5, 5.41) is 3.05. The van der Waals surface area contributed by atoms with Crippen LogP contribution < -0.4 is 11.1 Å². The van der Waals surface area contributed by atoms with Gasteiger partial charge in [-0.1, -0.05) is 6.07 Å². The number of hydrogen-bond acceptors (Lipinski definition) is 3. The first-order chi connectivity index (χ1) is 8.22. The normalized spacial score (nSPS) is 12.7. The Bertz CT molecular complexity index is 345. The van der Waals surface area contributed by atoms with Crippen LogP contribution in [0.3, 0.4) is 0 Å². The Balaban J connectivity index is 0.00000289. The van der Waals surface area contributed by atoms with E-state index in [1.54, 1.807) is 13.3 Å². The van der Waals surface area contributed by atoms with Crippen molar-refractivity contribution in [1.82, 2.24) is 10.3 Å². The molecule has 0 aliphatic carbocycles. The van der Waals surface area contributed by atoms with E-state index in [-0.39, 0.29) is 30.0 Å². The Morgan fingerprint density at radius 3 is 2.94 bits per heavy atom. The van der Waals surface area contributed by atoms with Crippen LogP contribution in [-0.4, -0.2) is 37.2 Å². The minimum Gasteiger partial charge on any atom is -0.383 e. The molecule has 0 fully saturated rings. The fourth-order valence-corrected chi connectivity index (χ4v) is 1.43. The number of nitrogens with one attached hydrogen (secondary N) is 1. The second kappa shape index (κ2) is 10.1. The molecule has 5 nitrogen and oxygen atoms in total. The lowest BCUT2D eigenvalue weighted by atomic mass is 10.3. The summed E-state index contributed by atoms with van der Waals surface area (Å²) < 4.78 is 5.00. The topological polar surface area (TPSA) is 72.5 Å². The van der Waals surface area contributed by atoms with Gasteiger partial charge in [0.2, 0.25) is 0 Å². The second-order valence-electron chi connectivity index (χ2n) is 3.84. The molecule has 0 amide bonds. The second-order valence-corrected chi connectivity index (χ2v) is 3.84. The molecule has 1 aromatic rings. The highest BCUT2D eigenvalue weighted by atomic mass is 127. The summed E-state index contributed by atoms with van der Waals surface area (Å²) in [5.74, 6) is 0.450. The first-order valence-electron chi connectivity index (χ1n) is 5.67. The van der Waals surface area contributed by atoms with Crippen LogP contribution in [0.15, 0.2) is 29.4 Å². The van der Waals surface area contributed by atoms with Gasteiger partial charge in [-0.2, -0.15) is 0 Å². The number of guanidine groups is 1. The Kier molecular flexibility index (Phi) is 9.57. The van der Waals surface area contributed by atoms with Gasteiger partial charge in [-0.05, 0) is 19.1 Å². The molecule has 6 heteroatoms. The molecule has 1 heterocycles. The van der Waals surface area contributed by atoms with Gasteiger partial charge < -0.3 is 15.8 Å². The highest BCUT2D eigenvalue weighted by Gasteiger charge is 2.01. The third-order valence-electron chi connectivity index (χ3n) is 2.19. The summed E-state index contributed by atoms with van der Waals surface area (Å²) in [5.41, 5.74) is 6.75. The van der Waals surface area contributed by atoms with E-state index in [1.165, 1.54) is 0 Å². The molecule has 102 valence electrons. The Morgan fingerprint density at radius 2 is 2.33 bits per heavy atom. The van der Waals surface area contributed by atoms with Crippen LogP contribution in [-0.2, 0) is 11.2 Å². The molecule has 0 radical (unpaired) electrons. The number of aromatic nitrogens is 1. The number of aliphatic imine (C=N–C) groups is 1. The molecule has 1 atom stereocenters. The summed E-state index contributed by atoms with van der Waals surface area (Å²) in [4.78, 5) is 8.44. The average molecular weight is 364 g/mol. The van der Waals surface area contributed by atoms with Crippen LogP contribution in [0, 0.1) is 0 Å². The van der Waals surface area contributed by atoms with E-state index >= 15 is 0 Å². The maximum atomic E-state index is 5.73. The van der Waals surface area contributed by atoms with Crippen molar-refractivity contribution >= 4 is 29.9 Å². The first kappa shape index (κ1) is 17.1. The number of rotatable bonds is 6. The van der Waals surface area contributed by atoms with Gasteiger partial charge in [-0.25, -0.2) is 0 Å². The maximum Gasteiger partial charge on any atom is 0.188 e. The highest BCUT2D eigenvalue weighted by molar-refractivity contribution is 14.0. The van der Waals surface area contributed by atoms with Crippen LogP contribution in [0.5, 0.6) is 0 Å².